The zero-order valence-electron chi connectivity index (χ0n) is 24.2. The first-order valence-corrected chi connectivity index (χ1v) is 19.1. The first-order chi connectivity index (χ1) is 17.3. The van der Waals surface area contributed by atoms with Gasteiger partial charge < -0.3 is 18.5 Å². The SMILES string of the molecule is CCC(C)(C)OP(=S)(O[C@H](C[Si](C)(c1ccccc1)c1ccccc1)[C@@H]1CCCN1C)OC(C)(C)CC. The number of likely N-dealkylation sites (N-methyl/N-ethyl adjacent to an activating group) is 1. The molecule has 206 valence electrons. The van der Waals surface area contributed by atoms with Crippen LogP contribution in [0.1, 0.15) is 67.2 Å². The van der Waals surface area contributed by atoms with Gasteiger partial charge in [0.15, 0.2) is 0 Å². The summed E-state index contributed by atoms with van der Waals surface area (Å²) >= 11 is 6.24. The Morgan fingerprint density at radius 3 is 1.76 bits per heavy atom. The van der Waals surface area contributed by atoms with Crippen molar-refractivity contribution < 1.29 is 13.6 Å². The van der Waals surface area contributed by atoms with E-state index in [-0.39, 0.29) is 12.1 Å². The van der Waals surface area contributed by atoms with E-state index in [4.69, 9.17) is 25.4 Å². The normalized spacial score (nSPS) is 18.8. The van der Waals surface area contributed by atoms with Crippen molar-refractivity contribution >= 4 is 37.0 Å². The van der Waals surface area contributed by atoms with E-state index in [1.165, 1.54) is 16.8 Å². The molecule has 37 heavy (non-hydrogen) atoms. The van der Waals surface area contributed by atoms with Gasteiger partial charge in [0.25, 0.3) is 0 Å². The summed E-state index contributed by atoms with van der Waals surface area (Å²) in [4.78, 5) is 2.45. The van der Waals surface area contributed by atoms with Gasteiger partial charge in [-0.25, -0.2) is 0 Å². The van der Waals surface area contributed by atoms with Gasteiger partial charge in [-0.1, -0.05) is 91.4 Å². The molecule has 1 aliphatic rings. The Labute approximate surface area is 232 Å². The number of hydrogen-bond donors (Lipinski definition) is 0. The van der Waals surface area contributed by atoms with Crippen molar-refractivity contribution in [3.05, 3.63) is 60.7 Å². The molecule has 0 aliphatic carbocycles. The average Bonchev–Trinajstić information content (AvgIpc) is 3.29. The summed E-state index contributed by atoms with van der Waals surface area (Å²) in [6.45, 7) is 13.1. The predicted molar refractivity (Wildman–Crippen MR) is 164 cm³/mol. The van der Waals surface area contributed by atoms with Gasteiger partial charge in [0.05, 0.1) is 17.3 Å². The van der Waals surface area contributed by atoms with Gasteiger partial charge in [-0.3, -0.25) is 0 Å². The largest absolute Gasteiger partial charge is 0.328 e. The molecular formula is C30H48NO3PSSi. The van der Waals surface area contributed by atoms with Crippen LogP contribution in [0.2, 0.25) is 12.6 Å². The lowest BCUT2D eigenvalue weighted by Crippen LogP contribution is -2.59. The lowest BCUT2D eigenvalue weighted by Gasteiger charge is -2.42. The maximum absolute atomic E-state index is 7.08. The molecule has 0 spiro atoms. The highest BCUT2D eigenvalue weighted by Gasteiger charge is 2.44. The third-order valence-corrected chi connectivity index (χ3v) is 15.2. The molecule has 0 N–H and O–H groups in total. The van der Waals surface area contributed by atoms with Crippen LogP contribution in [0, 0.1) is 0 Å². The van der Waals surface area contributed by atoms with Crippen LogP contribution in [0.3, 0.4) is 0 Å². The molecule has 1 aliphatic heterocycles. The molecule has 0 aromatic heterocycles. The van der Waals surface area contributed by atoms with E-state index >= 15 is 0 Å². The molecule has 4 nitrogen and oxygen atoms in total. The second-order valence-electron chi connectivity index (χ2n) is 12.0. The molecule has 0 saturated carbocycles. The molecule has 3 rings (SSSR count). The number of nitrogens with zero attached hydrogens (tertiary/aromatic N) is 1. The summed E-state index contributed by atoms with van der Waals surface area (Å²) in [6.07, 6.45) is 3.84. The highest BCUT2D eigenvalue weighted by atomic mass is 32.5. The second-order valence-corrected chi connectivity index (χ2v) is 19.0. The van der Waals surface area contributed by atoms with Crippen LogP contribution in [0.25, 0.3) is 0 Å². The number of hydrogen-bond acceptors (Lipinski definition) is 5. The molecule has 0 amide bonds. The van der Waals surface area contributed by atoms with Crippen LogP contribution in [-0.4, -0.2) is 49.9 Å². The summed E-state index contributed by atoms with van der Waals surface area (Å²) in [7, 11) is 0.0306. The number of rotatable bonds is 13. The van der Waals surface area contributed by atoms with Crippen LogP contribution in [0.15, 0.2) is 60.7 Å². The Hall–Kier alpha value is -0.853. The topological polar surface area (TPSA) is 30.9 Å². The van der Waals surface area contributed by atoms with E-state index in [0.29, 0.717) is 0 Å². The Morgan fingerprint density at radius 1 is 0.919 bits per heavy atom. The molecule has 2 aromatic carbocycles. The Balaban J connectivity index is 2.07. The molecule has 2 atom stereocenters. The first kappa shape index (κ1) is 30.7. The summed E-state index contributed by atoms with van der Waals surface area (Å²) in [5.74, 6) is 0. The van der Waals surface area contributed by atoms with Crippen LogP contribution >= 0.6 is 6.72 Å². The molecule has 1 fully saturated rings. The second kappa shape index (κ2) is 12.5. The Morgan fingerprint density at radius 2 is 1.38 bits per heavy atom. The van der Waals surface area contributed by atoms with Crippen molar-refractivity contribution in [1.29, 1.82) is 0 Å². The van der Waals surface area contributed by atoms with Crippen molar-refractivity contribution in [3.8, 4) is 0 Å². The minimum absolute atomic E-state index is 0.0873. The molecular weight excluding hydrogens is 513 g/mol. The van der Waals surface area contributed by atoms with E-state index in [9.17, 15) is 0 Å². The average molecular weight is 562 g/mol. The Bertz CT molecular complexity index is 972. The summed E-state index contributed by atoms with van der Waals surface area (Å²) in [5, 5.41) is 2.82. The van der Waals surface area contributed by atoms with Crippen molar-refractivity contribution in [1.82, 2.24) is 4.90 Å². The molecule has 1 heterocycles. The van der Waals surface area contributed by atoms with Crippen molar-refractivity contribution in [3.63, 3.8) is 0 Å². The van der Waals surface area contributed by atoms with Crippen LogP contribution in [0.4, 0.5) is 0 Å². The monoisotopic (exact) mass is 561 g/mol. The number of likely N-dealkylation sites (tertiary alicyclic amines) is 1. The van der Waals surface area contributed by atoms with Gasteiger partial charge >= 0.3 is 6.72 Å². The van der Waals surface area contributed by atoms with E-state index < -0.39 is 26.0 Å². The fourth-order valence-electron chi connectivity index (χ4n) is 5.03. The van der Waals surface area contributed by atoms with Gasteiger partial charge in [0.1, 0.15) is 8.07 Å². The predicted octanol–water partition coefficient (Wildman–Crippen LogP) is 6.99. The van der Waals surface area contributed by atoms with Gasteiger partial charge in [0, 0.05) is 6.04 Å². The summed E-state index contributed by atoms with van der Waals surface area (Å²) < 4.78 is 20.4. The van der Waals surface area contributed by atoms with Gasteiger partial charge in [-0.15, -0.1) is 0 Å². The van der Waals surface area contributed by atoms with E-state index in [0.717, 1.165) is 31.9 Å². The quantitative estimate of drug-likeness (QED) is 0.194. The highest BCUT2D eigenvalue weighted by Crippen LogP contribution is 2.58. The minimum Gasteiger partial charge on any atom is -0.304 e. The lowest BCUT2D eigenvalue weighted by atomic mass is 10.1. The highest BCUT2D eigenvalue weighted by molar-refractivity contribution is 8.07. The van der Waals surface area contributed by atoms with Crippen molar-refractivity contribution in [2.24, 2.45) is 0 Å². The fraction of sp³-hybridized carbons (Fsp3) is 0.600. The molecule has 0 bridgehead atoms. The van der Waals surface area contributed by atoms with E-state index in [1.54, 1.807) is 0 Å². The summed E-state index contributed by atoms with van der Waals surface area (Å²) in [5.41, 5.74) is -0.851. The maximum atomic E-state index is 7.08. The van der Waals surface area contributed by atoms with Crippen molar-refractivity contribution in [2.75, 3.05) is 13.6 Å². The van der Waals surface area contributed by atoms with Crippen molar-refractivity contribution in [2.45, 2.75) is 103 Å². The molecule has 0 radical (unpaired) electrons. The van der Waals surface area contributed by atoms with Gasteiger partial charge in [0.2, 0.25) is 0 Å². The first-order valence-electron chi connectivity index (χ1n) is 13.8. The van der Waals surface area contributed by atoms with E-state index in [1.807, 2.05) is 0 Å². The summed E-state index contributed by atoms with van der Waals surface area (Å²) in [6, 6.07) is 23.2. The standard InChI is InChI=1S/C30H48NO3PSSi/c1-9-29(3,4)33-35(36,34-30(5,6)10-2)32-28(27-22-17-23-31(27)7)24-37(8,25-18-13-11-14-19-25)26-20-15-12-16-21-26/h11-16,18-21,27-28H,9-10,17,22-24H2,1-8H3/t27-,28+/m0/s1. The molecule has 1 saturated heterocycles. The lowest BCUT2D eigenvalue weighted by molar-refractivity contribution is -0.00760. The van der Waals surface area contributed by atoms with Gasteiger partial charge in [-0.2, -0.15) is 0 Å². The van der Waals surface area contributed by atoms with Crippen LogP contribution in [-0.2, 0) is 25.4 Å². The molecule has 7 heteroatoms. The third-order valence-electron chi connectivity index (χ3n) is 8.12. The van der Waals surface area contributed by atoms with E-state index in [2.05, 4.69) is 121 Å². The molecule has 0 unspecified atom stereocenters. The zero-order valence-corrected chi connectivity index (χ0v) is 26.9. The minimum atomic E-state index is -3.07. The van der Waals surface area contributed by atoms with Crippen LogP contribution < -0.4 is 10.4 Å². The number of benzene rings is 2. The molecule has 2 aromatic rings. The fourth-order valence-corrected chi connectivity index (χ4v) is 12.7. The third kappa shape index (κ3) is 8.08. The van der Waals surface area contributed by atoms with Crippen LogP contribution in [0.5, 0.6) is 0 Å². The zero-order chi connectivity index (χ0) is 27.3. The smallest absolute Gasteiger partial charge is 0.304 e. The maximum Gasteiger partial charge on any atom is 0.328 e. The van der Waals surface area contributed by atoms with Gasteiger partial charge in [-0.05, 0) is 84.8 Å². The Kier molecular flexibility index (Phi) is 10.4.